The van der Waals surface area contributed by atoms with Gasteiger partial charge in [0.05, 0.1) is 26.3 Å². The Kier molecular flexibility index (Phi) is 3.24. The van der Waals surface area contributed by atoms with Crippen LogP contribution in [0.15, 0.2) is 40.2 Å². The average molecular weight is 335 g/mol. The van der Waals surface area contributed by atoms with Crippen molar-refractivity contribution in [2.75, 3.05) is 0 Å². The molecule has 1 aromatic carbocycles. The van der Waals surface area contributed by atoms with E-state index in [-0.39, 0.29) is 5.78 Å². The lowest BCUT2D eigenvalue weighted by Gasteiger charge is -1.95. The fourth-order valence-electron chi connectivity index (χ4n) is 2.12. The topological polar surface area (TPSA) is 34.9 Å². The molecule has 0 radical (unpaired) electrons. The third-order valence-electron chi connectivity index (χ3n) is 3.01. The van der Waals surface area contributed by atoms with E-state index in [0.29, 0.717) is 6.42 Å². The summed E-state index contributed by atoms with van der Waals surface area (Å²) in [5.74, 6) is 0.111. The molecule has 0 amide bonds. The number of para-hydroxylation sites is 1. The van der Waals surface area contributed by atoms with Crippen LogP contribution in [0.25, 0.3) is 10.9 Å². The van der Waals surface area contributed by atoms with Crippen molar-refractivity contribution in [3.05, 3.63) is 50.8 Å². The summed E-state index contributed by atoms with van der Waals surface area (Å²) in [6.07, 6.45) is 0.342. The molecule has 3 aromatic rings. The number of carbonyl (C=O) groups excluding carboxylic acids is 1. The van der Waals surface area contributed by atoms with Crippen LogP contribution in [0.5, 0.6) is 0 Å². The second-order valence-electron chi connectivity index (χ2n) is 4.29. The second-order valence-corrected chi connectivity index (χ2v) is 6.75. The molecule has 0 saturated carbocycles. The molecule has 2 heterocycles. The summed E-state index contributed by atoms with van der Waals surface area (Å²) in [6.45, 7) is 0. The van der Waals surface area contributed by atoms with Crippen molar-refractivity contribution >= 4 is 44.0 Å². The van der Waals surface area contributed by atoms with Crippen molar-refractivity contribution in [2.24, 2.45) is 7.05 Å². The summed E-state index contributed by atoms with van der Waals surface area (Å²) in [5, 5.41) is 5.50. The molecule has 0 aliphatic heterocycles. The molecular weight excluding hydrogens is 324 g/mol. The van der Waals surface area contributed by atoms with Crippen LogP contribution in [-0.2, 0) is 13.5 Å². The van der Waals surface area contributed by atoms with Crippen LogP contribution in [0.3, 0.4) is 0 Å². The Morgan fingerprint density at radius 2 is 2.11 bits per heavy atom. The molecule has 0 aliphatic rings. The van der Waals surface area contributed by atoms with E-state index >= 15 is 0 Å². The lowest BCUT2D eigenvalue weighted by molar-refractivity contribution is 0.0996. The van der Waals surface area contributed by atoms with Crippen molar-refractivity contribution < 1.29 is 4.79 Å². The fraction of sp³-hybridized carbons (Fsp3) is 0.143. The number of aromatic nitrogens is 2. The minimum Gasteiger partial charge on any atom is -0.293 e. The number of nitrogens with zero attached hydrogens (tertiary/aromatic N) is 2. The number of halogens is 1. The van der Waals surface area contributed by atoms with Crippen molar-refractivity contribution in [3.8, 4) is 0 Å². The van der Waals surface area contributed by atoms with Crippen molar-refractivity contribution in [3.63, 3.8) is 0 Å². The Hall–Kier alpha value is -1.46. The number of fused-ring (bicyclic) bond motifs is 1. The minimum absolute atomic E-state index is 0.111. The van der Waals surface area contributed by atoms with Crippen LogP contribution in [0.1, 0.15) is 15.4 Å². The first kappa shape index (κ1) is 12.6. The van der Waals surface area contributed by atoms with E-state index in [1.165, 1.54) is 11.3 Å². The van der Waals surface area contributed by atoms with E-state index in [9.17, 15) is 4.79 Å². The first-order valence-corrected chi connectivity index (χ1v) is 7.45. The predicted octanol–water partition coefficient (Wildman–Crippen LogP) is 3.82. The van der Waals surface area contributed by atoms with Crippen molar-refractivity contribution in [2.45, 2.75) is 6.42 Å². The standard InChI is InChI=1S/C14H11BrN2OS/c1-17-11-5-3-2-4-9(11)10(16-17)8-12(18)13-6-7-14(15)19-13/h2-7H,8H2,1H3. The number of benzene rings is 1. The Bertz CT molecular complexity index is 760. The minimum atomic E-state index is 0.111. The molecule has 0 N–H and O–H groups in total. The SMILES string of the molecule is Cn1nc(CC(=O)c2ccc(Br)s2)c2ccccc21. The number of rotatable bonds is 3. The molecule has 3 rings (SSSR count). The molecule has 0 aliphatic carbocycles. The van der Waals surface area contributed by atoms with Crippen molar-refractivity contribution in [1.29, 1.82) is 0 Å². The first-order valence-electron chi connectivity index (χ1n) is 5.84. The number of hydrogen-bond donors (Lipinski definition) is 0. The molecule has 0 fully saturated rings. The quantitative estimate of drug-likeness (QED) is 0.682. The highest BCUT2D eigenvalue weighted by Crippen LogP contribution is 2.24. The van der Waals surface area contributed by atoms with Gasteiger partial charge < -0.3 is 0 Å². The van der Waals surface area contributed by atoms with Crippen LogP contribution < -0.4 is 0 Å². The van der Waals surface area contributed by atoms with Gasteiger partial charge >= 0.3 is 0 Å². The number of aryl methyl sites for hydroxylation is 1. The Balaban J connectivity index is 1.95. The molecule has 0 unspecified atom stereocenters. The molecule has 2 aromatic heterocycles. The number of Topliss-reactive ketones (excluding diaryl/α,β-unsaturated/α-hetero) is 1. The zero-order chi connectivity index (χ0) is 13.4. The normalized spacial score (nSPS) is 11.1. The summed E-state index contributed by atoms with van der Waals surface area (Å²) < 4.78 is 2.80. The van der Waals surface area contributed by atoms with Gasteiger partial charge in [-0.3, -0.25) is 9.48 Å². The van der Waals surface area contributed by atoms with Gasteiger partial charge in [0.15, 0.2) is 5.78 Å². The molecule has 0 saturated heterocycles. The summed E-state index contributed by atoms with van der Waals surface area (Å²) in [5.41, 5.74) is 1.89. The summed E-state index contributed by atoms with van der Waals surface area (Å²) in [6, 6.07) is 11.7. The molecular formula is C14H11BrN2OS. The van der Waals surface area contributed by atoms with Gasteiger partial charge in [-0.05, 0) is 34.1 Å². The highest BCUT2D eigenvalue weighted by Gasteiger charge is 2.14. The highest BCUT2D eigenvalue weighted by molar-refractivity contribution is 9.11. The maximum atomic E-state index is 12.2. The Labute approximate surface area is 123 Å². The molecule has 19 heavy (non-hydrogen) atoms. The zero-order valence-corrected chi connectivity index (χ0v) is 12.7. The van der Waals surface area contributed by atoms with E-state index in [1.807, 2.05) is 48.1 Å². The van der Waals surface area contributed by atoms with Gasteiger partial charge in [-0.2, -0.15) is 5.10 Å². The first-order chi connectivity index (χ1) is 9.15. The molecule has 0 atom stereocenters. The van der Waals surface area contributed by atoms with Gasteiger partial charge in [0.1, 0.15) is 0 Å². The third kappa shape index (κ3) is 2.35. The van der Waals surface area contributed by atoms with Gasteiger partial charge in [-0.15, -0.1) is 11.3 Å². The summed E-state index contributed by atoms with van der Waals surface area (Å²) in [7, 11) is 1.90. The number of thiophene rings is 1. The van der Waals surface area contributed by atoms with E-state index < -0.39 is 0 Å². The molecule has 96 valence electrons. The number of hydrogen-bond acceptors (Lipinski definition) is 3. The van der Waals surface area contributed by atoms with Crippen LogP contribution in [-0.4, -0.2) is 15.6 Å². The summed E-state index contributed by atoms with van der Waals surface area (Å²) >= 11 is 4.84. The fourth-order valence-corrected chi connectivity index (χ4v) is 3.45. The van der Waals surface area contributed by atoms with Crippen molar-refractivity contribution in [1.82, 2.24) is 9.78 Å². The lowest BCUT2D eigenvalue weighted by atomic mass is 10.1. The molecule has 5 heteroatoms. The Morgan fingerprint density at radius 1 is 1.32 bits per heavy atom. The third-order valence-corrected chi connectivity index (χ3v) is 4.68. The maximum absolute atomic E-state index is 12.2. The van der Waals surface area contributed by atoms with Crippen LogP contribution >= 0.6 is 27.3 Å². The van der Waals surface area contributed by atoms with E-state index in [4.69, 9.17) is 0 Å². The van der Waals surface area contributed by atoms with Crippen LogP contribution in [0, 0.1) is 0 Å². The zero-order valence-electron chi connectivity index (χ0n) is 10.3. The van der Waals surface area contributed by atoms with Gasteiger partial charge in [-0.25, -0.2) is 0 Å². The van der Waals surface area contributed by atoms with E-state index in [0.717, 1.165) is 25.3 Å². The molecule has 0 bridgehead atoms. The van der Waals surface area contributed by atoms with Gasteiger partial charge in [0.2, 0.25) is 0 Å². The Morgan fingerprint density at radius 3 is 2.84 bits per heavy atom. The van der Waals surface area contributed by atoms with Gasteiger partial charge in [0.25, 0.3) is 0 Å². The van der Waals surface area contributed by atoms with Crippen LogP contribution in [0.4, 0.5) is 0 Å². The smallest absolute Gasteiger partial charge is 0.178 e. The second kappa shape index (κ2) is 4.90. The lowest BCUT2D eigenvalue weighted by Crippen LogP contribution is -2.02. The average Bonchev–Trinajstić information content (AvgIpc) is 2.96. The van der Waals surface area contributed by atoms with Gasteiger partial charge in [0, 0.05) is 12.4 Å². The van der Waals surface area contributed by atoms with Crippen LogP contribution in [0.2, 0.25) is 0 Å². The number of carbonyl (C=O) groups is 1. The van der Waals surface area contributed by atoms with E-state index in [1.54, 1.807) is 0 Å². The maximum Gasteiger partial charge on any atom is 0.178 e. The number of ketones is 1. The molecule has 3 nitrogen and oxygen atoms in total. The van der Waals surface area contributed by atoms with Gasteiger partial charge in [-0.1, -0.05) is 18.2 Å². The highest BCUT2D eigenvalue weighted by atomic mass is 79.9. The monoisotopic (exact) mass is 334 g/mol. The molecule has 0 spiro atoms. The largest absolute Gasteiger partial charge is 0.293 e. The summed E-state index contributed by atoms with van der Waals surface area (Å²) in [4.78, 5) is 13.0. The predicted molar refractivity (Wildman–Crippen MR) is 80.8 cm³/mol. The van der Waals surface area contributed by atoms with E-state index in [2.05, 4.69) is 21.0 Å².